The zero-order valence-electron chi connectivity index (χ0n) is 12.5. The SMILES string of the molecule is CNC1CCCN(CC(=O)Nc2ccc(C)cc2Cl)C1.Cl. The Morgan fingerprint density at radius 2 is 2.24 bits per heavy atom. The number of benzene rings is 1. The maximum absolute atomic E-state index is 12.1. The summed E-state index contributed by atoms with van der Waals surface area (Å²) in [4.78, 5) is 14.3. The molecule has 0 radical (unpaired) electrons. The van der Waals surface area contributed by atoms with Crippen LogP contribution in [-0.2, 0) is 4.79 Å². The molecule has 6 heteroatoms. The van der Waals surface area contributed by atoms with Crippen molar-refractivity contribution >= 4 is 35.6 Å². The highest BCUT2D eigenvalue weighted by atomic mass is 35.5. The van der Waals surface area contributed by atoms with Gasteiger partial charge in [0.25, 0.3) is 0 Å². The van der Waals surface area contributed by atoms with Gasteiger partial charge in [-0.1, -0.05) is 17.7 Å². The Morgan fingerprint density at radius 1 is 1.48 bits per heavy atom. The number of likely N-dealkylation sites (N-methyl/N-ethyl adjacent to an activating group) is 1. The molecule has 21 heavy (non-hydrogen) atoms. The first-order valence-corrected chi connectivity index (χ1v) is 7.42. The molecule has 2 rings (SSSR count). The van der Waals surface area contributed by atoms with E-state index in [0.717, 1.165) is 25.1 Å². The first kappa shape index (κ1) is 18.2. The van der Waals surface area contributed by atoms with E-state index in [1.807, 2.05) is 32.2 Å². The number of hydrogen-bond acceptors (Lipinski definition) is 3. The van der Waals surface area contributed by atoms with Crippen molar-refractivity contribution in [1.29, 1.82) is 0 Å². The topological polar surface area (TPSA) is 44.4 Å². The molecule has 4 nitrogen and oxygen atoms in total. The second kappa shape index (κ2) is 8.59. The second-order valence-corrected chi connectivity index (χ2v) is 5.80. The van der Waals surface area contributed by atoms with E-state index in [9.17, 15) is 4.79 Å². The lowest BCUT2D eigenvalue weighted by atomic mass is 10.1. The number of carbonyl (C=O) groups excluding carboxylic acids is 1. The number of aryl methyl sites for hydroxylation is 1. The molecule has 0 spiro atoms. The minimum atomic E-state index is -0.00694. The van der Waals surface area contributed by atoms with Gasteiger partial charge in [-0.15, -0.1) is 12.4 Å². The highest BCUT2D eigenvalue weighted by Crippen LogP contribution is 2.22. The largest absolute Gasteiger partial charge is 0.324 e. The van der Waals surface area contributed by atoms with E-state index < -0.39 is 0 Å². The van der Waals surface area contributed by atoms with Crippen molar-refractivity contribution < 1.29 is 4.79 Å². The molecule has 1 aliphatic rings. The molecule has 0 aliphatic carbocycles. The van der Waals surface area contributed by atoms with Gasteiger partial charge in [0.2, 0.25) is 5.91 Å². The van der Waals surface area contributed by atoms with Crippen LogP contribution in [0.15, 0.2) is 18.2 Å². The molecule has 118 valence electrons. The van der Waals surface area contributed by atoms with Crippen LogP contribution in [0.5, 0.6) is 0 Å². The fraction of sp³-hybridized carbons (Fsp3) is 0.533. The van der Waals surface area contributed by atoms with Gasteiger partial charge in [-0.2, -0.15) is 0 Å². The summed E-state index contributed by atoms with van der Waals surface area (Å²) in [6.45, 7) is 4.30. The van der Waals surface area contributed by atoms with Gasteiger partial charge in [-0.3, -0.25) is 9.69 Å². The van der Waals surface area contributed by atoms with Gasteiger partial charge >= 0.3 is 0 Å². The minimum absolute atomic E-state index is 0. The third kappa shape index (κ3) is 5.47. The lowest BCUT2D eigenvalue weighted by Crippen LogP contribution is -2.46. The van der Waals surface area contributed by atoms with Crippen LogP contribution in [0.2, 0.25) is 5.02 Å². The Balaban J connectivity index is 0.00000220. The Morgan fingerprint density at radius 3 is 2.90 bits per heavy atom. The van der Waals surface area contributed by atoms with E-state index in [1.165, 1.54) is 6.42 Å². The molecule has 0 bridgehead atoms. The number of rotatable bonds is 4. The third-order valence-electron chi connectivity index (χ3n) is 3.68. The molecule has 1 aromatic carbocycles. The Bertz CT molecular complexity index is 482. The summed E-state index contributed by atoms with van der Waals surface area (Å²) >= 11 is 6.12. The number of carbonyl (C=O) groups is 1. The van der Waals surface area contributed by atoms with Crippen LogP contribution >= 0.6 is 24.0 Å². The van der Waals surface area contributed by atoms with Gasteiger partial charge in [0.1, 0.15) is 0 Å². The van der Waals surface area contributed by atoms with Crippen LogP contribution in [0.4, 0.5) is 5.69 Å². The molecule has 0 aromatic heterocycles. The first-order chi connectivity index (χ1) is 9.58. The Kier molecular flexibility index (Phi) is 7.46. The van der Waals surface area contributed by atoms with Gasteiger partial charge in [0.15, 0.2) is 0 Å². The van der Waals surface area contributed by atoms with Crippen molar-refractivity contribution in [2.75, 3.05) is 32.0 Å². The average Bonchev–Trinajstić information content (AvgIpc) is 2.42. The zero-order valence-corrected chi connectivity index (χ0v) is 14.1. The van der Waals surface area contributed by atoms with Gasteiger partial charge in [-0.05, 0) is 51.1 Å². The maximum atomic E-state index is 12.1. The number of anilines is 1. The maximum Gasteiger partial charge on any atom is 0.238 e. The van der Waals surface area contributed by atoms with Crippen molar-refractivity contribution in [2.45, 2.75) is 25.8 Å². The summed E-state index contributed by atoms with van der Waals surface area (Å²) in [5.74, 6) is -0.00694. The monoisotopic (exact) mass is 331 g/mol. The Labute approximate surface area is 137 Å². The molecule has 0 saturated carbocycles. The lowest BCUT2D eigenvalue weighted by Gasteiger charge is -2.31. The van der Waals surface area contributed by atoms with Crippen LogP contribution < -0.4 is 10.6 Å². The number of amides is 1. The molecule has 1 atom stereocenters. The molecule has 1 heterocycles. The smallest absolute Gasteiger partial charge is 0.238 e. The summed E-state index contributed by atoms with van der Waals surface area (Å²) in [6, 6.07) is 6.14. The van der Waals surface area contributed by atoms with Crippen molar-refractivity contribution in [3.05, 3.63) is 28.8 Å². The fourth-order valence-electron chi connectivity index (χ4n) is 2.55. The summed E-state index contributed by atoms with van der Waals surface area (Å²) in [5.41, 5.74) is 1.77. The molecule has 1 saturated heterocycles. The summed E-state index contributed by atoms with van der Waals surface area (Å²) < 4.78 is 0. The molecule has 1 aromatic rings. The lowest BCUT2D eigenvalue weighted by molar-refractivity contribution is -0.117. The molecule has 1 amide bonds. The van der Waals surface area contributed by atoms with Gasteiger partial charge in [0.05, 0.1) is 17.3 Å². The summed E-state index contributed by atoms with van der Waals surface area (Å²) in [5, 5.41) is 6.75. The summed E-state index contributed by atoms with van der Waals surface area (Å²) in [6.07, 6.45) is 2.31. The summed E-state index contributed by atoms with van der Waals surface area (Å²) in [7, 11) is 1.97. The predicted octanol–water partition coefficient (Wildman–Crippen LogP) is 2.69. The molecule has 1 unspecified atom stereocenters. The van der Waals surface area contributed by atoms with Crippen LogP contribution in [-0.4, -0.2) is 43.5 Å². The van der Waals surface area contributed by atoms with Crippen molar-refractivity contribution in [3.8, 4) is 0 Å². The predicted molar refractivity (Wildman–Crippen MR) is 90.6 cm³/mol. The number of likely N-dealkylation sites (tertiary alicyclic amines) is 1. The standard InChI is InChI=1S/C15H22ClN3O.ClH/c1-11-5-6-14(13(16)8-11)18-15(20)10-19-7-3-4-12(9-19)17-2;/h5-6,8,12,17H,3-4,7,9-10H2,1-2H3,(H,18,20);1H. The average molecular weight is 332 g/mol. The van der Waals surface area contributed by atoms with E-state index in [-0.39, 0.29) is 18.3 Å². The van der Waals surface area contributed by atoms with E-state index in [0.29, 0.717) is 23.3 Å². The van der Waals surface area contributed by atoms with E-state index in [1.54, 1.807) is 0 Å². The molecule has 1 aliphatic heterocycles. The quantitative estimate of drug-likeness (QED) is 0.891. The van der Waals surface area contributed by atoms with Gasteiger partial charge in [0, 0.05) is 12.6 Å². The number of nitrogens with zero attached hydrogens (tertiary/aromatic N) is 1. The van der Waals surface area contributed by atoms with Crippen LogP contribution in [0, 0.1) is 6.92 Å². The normalized spacial score (nSPS) is 18.9. The molecule has 2 N–H and O–H groups in total. The van der Waals surface area contributed by atoms with Crippen LogP contribution in [0.1, 0.15) is 18.4 Å². The number of hydrogen-bond donors (Lipinski definition) is 2. The van der Waals surface area contributed by atoms with Gasteiger partial charge in [-0.25, -0.2) is 0 Å². The van der Waals surface area contributed by atoms with Crippen LogP contribution in [0.3, 0.4) is 0 Å². The van der Waals surface area contributed by atoms with E-state index in [4.69, 9.17) is 11.6 Å². The number of piperidine rings is 1. The molecular weight excluding hydrogens is 309 g/mol. The molecular formula is C15H23Cl2N3O. The zero-order chi connectivity index (χ0) is 14.5. The van der Waals surface area contributed by atoms with E-state index >= 15 is 0 Å². The Hall–Kier alpha value is -0.810. The van der Waals surface area contributed by atoms with Crippen LogP contribution in [0.25, 0.3) is 0 Å². The van der Waals surface area contributed by atoms with Gasteiger partial charge < -0.3 is 10.6 Å². The van der Waals surface area contributed by atoms with Crippen molar-refractivity contribution in [1.82, 2.24) is 10.2 Å². The van der Waals surface area contributed by atoms with Crippen molar-refractivity contribution in [2.24, 2.45) is 0 Å². The fourth-order valence-corrected chi connectivity index (χ4v) is 2.83. The molecule has 1 fully saturated rings. The number of nitrogens with one attached hydrogen (secondary N) is 2. The highest BCUT2D eigenvalue weighted by molar-refractivity contribution is 6.33. The van der Waals surface area contributed by atoms with E-state index in [2.05, 4.69) is 15.5 Å². The first-order valence-electron chi connectivity index (χ1n) is 7.04. The number of halogens is 2. The minimum Gasteiger partial charge on any atom is -0.324 e. The van der Waals surface area contributed by atoms with Crippen molar-refractivity contribution in [3.63, 3.8) is 0 Å². The highest BCUT2D eigenvalue weighted by Gasteiger charge is 2.20. The third-order valence-corrected chi connectivity index (χ3v) is 3.99. The second-order valence-electron chi connectivity index (χ2n) is 5.39.